The monoisotopic (exact) mass is 183 g/mol. The highest BCUT2D eigenvalue weighted by Gasteiger charge is 2.61. The highest BCUT2D eigenvalue weighted by atomic mass is 16.4. The minimum Gasteiger partial charge on any atom is -0.411 e. The first-order valence-corrected chi connectivity index (χ1v) is 4.84. The summed E-state index contributed by atoms with van der Waals surface area (Å²) in [6.07, 6.45) is 1.81. The van der Waals surface area contributed by atoms with Crippen molar-refractivity contribution in [2.24, 2.45) is 22.4 Å². The molecule has 0 amide bonds. The molecule has 3 aliphatic rings. The van der Waals surface area contributed by atoms with Gasteiger partial charge in [0, 0.05) is 0 Å². The van der Waals surface area contributed by atoms with Crippen molar-refractivity contribution >= 4 is 5.71 Å². The lowest BCUT2D eigenvalue weighted by Crippen LogP contribution is -2.64. The molecule has 2 bridgehead atoms. The van der Waals surface area contributed by atoms with Gasteiger partial charge in [-0.25, -0.2) is 0 Å². The highest BCUT2D eigenvalue weighted by molar-refractivity contribution is 5.94. The summed E-state index contributed by atoms with van der Waals surface area (Å²) in [5.41, 5.74) is -0.127. The van der Waals surface area contributed by atoms with E-state index in [1.54, 1.807) is 6.92 Å². The van der Waals surface area contributed by atoms with Gasteiger partial charge in [0.25, 0.3) is 0 Å². The number of rotatable bonds is 0. The Labute approximate surface area is 78.4 Å². The molecule has 74 valence electrons. The molecule has 0 aromatic rings. The van der Waals surface area contributed by atoms with Gasteiger partial charge in [0.1, 0.15) is 5.60 Å². The zero-order valence-corrected chi connectivity index (χ0v) is 8.41. The standard InChI is InChI=1S/C10H17NO2/c1-9(2)6-4-7(9)10(3,12)8(5-6)11-13/h6-7,12-13H,4-5H2,1-3H3/b11-8+/t6-,7-,10+/m0/s1. The highest BCUT2D eigenvalue weighted by Crippen LogP contribution is 2.61. The minimum atomic E-state index is -0.896. The second kappa shape index (κ2) is 2.27. The van der Waals surface area contributed by atoms with Gasteiger partial charge < -0.3 is 10.3 Å². The molecule has 0 aromatic heterocycles. The largest absolute Gasteiger partial charge is 0.411 e. The van der Waals surface area contributed by atoms with Crippen LogP contribution in [0.4, 0.5) is 0 Å². The SMILES string of the molecule is CC1(C)[C@@H]2C/C(=N\O)[C@](C)(O)[C@H]1C2. The Morgan fingerprint density at radius 2 is 2.00 bits per heavy atom. The van der Waals surface area contributed by atoms with Crippen molar-refractivity contribution in [1.29, 1.82) is 0 Å². The average Bonchev–Trinajstić information content (AvgIpc) is 2.01. The van der Waals surface area contributed by atoms with Gasteiger partial charge in [-0.2, -0.15) is 0 Å². The van der Waals surface area contributed by atoms with Gasteiger partial charge >= 0.3 is 0 Å². The molecule has 3 nitrogen and oxygen atoms in total. The first-order chi connectivity index (χ1) is 5.90. The van der Waals surface area contributed by atoms with Crippen molar-refractivity contribution in [2.75, 3.05) is 0 Å². The lowest BCUT2D eigenvalue weighted by Gasteiger charge is -2.62. The Hall–Kier alpha value is -0.570. The molecule has 3 heteroatoms. The molecule has 0 heterocycles. The summed E-state index contributed by atoms with van der Waals surface area (Å²) in [6.45, 7) is 6.15. The molecule has 0 saturated heterocycles. The fourth-order valence-corrected chi connectivity index (χ4v) is 3.10. The number of hydrogen-bond donors (Lipinski definition) is 2. The summed E-state index contributed by atoms with van der Waals surface area (Å²) in [5, 5.41) is 22.2. The fraction of sp³-hybridized carbons (Fsp3) is 0.900. The second-order valence-corrected chi connectivity index (χ2v) is 5.20. The Balaban J connectivity index is 2.34. The summed E-state index contributed by atoms with van der Waals surface area (Å²) in [4.78, 5) is 0. The van der Waals surface area contributed by atoms with E-state index in [4.69, 9.17) is 5.21 Å². The molecule has 3 rings (SSSR count). The van der Waals surface area contributed by atoms with Crippen molar-refractivity contribution in [2.45, 2.75) is 39.2 Å². The lowest BCUT2D eigenvalue weighted by atomic mass is 9.44. The predicted octanol–water partition coefficient (Wildman–Crippen LogP) is 1.63. The smallest absolute Gasteiger partial charge is 0.106 e. The van der Waals surface area contributed by atoms with Gasteiger partial charge in [0.15, 0.2) is 0 Å². The van der Waals surface area contributed by atoms with Gasteiger partial charge in [0.2, 0.25) is 0 Å². The van der Waals surface area contributed by atoms with Gasteiger partial charge in [-0.15, -0.1) is 0 Å². The van der Waals surface area contributed by atoms with E-state index in [0.717, 1.165) is 12.8 Å². The molecular formula is C10H17NO2. The zero-order chi connectivity index (χ0) is 9.85. The number of aliphatic hydroxyl groups is 1. The molecule has 0 spiro atoms. The van der Waals surface area contributed by atoms with Crippen molar-refractivity contribution in [3.8, 4) is 0 Å². The van der Waals surface area contributed by atoms with Crippen LogP contribution >= 0.6 is 0 Å². The molecule has 0 aliphatic heterocycles. The van der Waals surface area contributed by atoms with E-state index in [2.05, 4.69) is 19.0 Å². The molecule has 3 saturated carbocycles. The van der Waals surface area contributed by atoms with Gasteiger partial charge in [-0.3, -0.25) is 0 Å². The van der Waals surface area contributed by atoms with E-state index in [1.165, 1.54) is 0 Å². The molecule has 0 unspecified atom stereocenters. The van der Waals surface area contributed by atoms with Crippen molar-refractivity contribution in [3.63, 3.8) is 0 Å². The first-order valence-electron chi connectivity index (χ1n) is 4.84. The van der Waals surface area contributed by atoms with Crippen LogP contribution in [0.5, 0.6) is 0 Å². The Kier molecular flexibility index (Phi) is 1.57. The van der Waals surface area contributed by atoms with Crippen LogP contribution < -0.4 is 0 Å². The third kappa shape index (κ3) is 0.909. The number of oxime groups is 1. The minimum absolute atomic E-state index is 0.206. The summed E-state index contributed by atoms with van der Waals surface area (Å²) >= 11 is 0. The van der Waals surface area contributed by atoms with Crippen LogP contribution in [0.3, 0.4) is 0 Å². The maximum atomic E-state index is 10.2. The summed E-state index contributed by atoms with van der Waals surface area (Å²) in [7, 11) is 0. The van der Waals surface area contributed by atoms with Crippen LogP contribution in [0.25, 0.3) is 0 Å². The van der Waals surface area contributed by atoms with Crippen LogP contribution in [-0.4, -0.2) is 21.6 Å². The summed E-state index contributed by atoms with van der Waals surface area (Å²) in [5.74, 6) is 0.841. The van der Waals surface area contributed by atoms with E-state index < -0.39 is 5.60 Å². The quantitative estimate of drug-likeness (QED) is 0.443. The summed E-state index contributed by atoms with van der Waals surface area (Å²) in [6, 6.07) is 0. The Morgan fingerprint density at radius 1 is 1.38 bits per heavy atom. The maximum Gasteiger partial charge on any atom is 0.106 e. The van der Waals surface area contributed by atoms with Crippen LogP contribution in [-0.2, 0) is 0 Å². The van der Waals surface area contributed by atoms with Crippen LogP contribution in [0.15, 0.2) is 5.16 Å². The molecular weight excluding hydrogens is 166 g/mol. The Bertz CT molecular complexity index is 268. The third-order valence-electron chi connectivity index (χ3n) is 4.29. The lowest BCUT2D eigenvalue weighted by molar-refractivity contribution is -0.135. The van der Waals surface area contributed by atoms with E-state index in [-0.39, 0.29) is 11.3 Å². The molecule has 0 aromatic carbocycles. The average molecular weight is 183 g/mol. The third-order valence-corrected chi connectivity index (χ3v) is 4.29. The Morgan fingerprint density at radius 3 is 2.38 bits per heavy atom. The maximum absolute atomic E-state index is 10.2. The zero-order valence-electron chi connectivity index (χ0n) is 8.41. The van der Waals surface area contributed by atoms with Crippen LogP contribution in [0.1, 0.15) is 33.6 Å². The fourth-order valence-electron chi connectivity index (χ4n) is 3.10. The van der Waals surface area contributed by atoms with Crippen LogP contribution in [0, 0.1) is 17.3 Å². The van der Waals surface area contributed by atoms with Crippen molar-refractivity contribution in [1.82, 2.24) is 0 Å². The van der Waals surface area contributed by atoms with Gasteiger partial charge in [-0.1, -0.05) is 19.0 Å². The van der Waals surface area contributed by atoms with E-state index in [9.17, 15) is 5.11 Å². The second-order valence-electron chi connectivity index (χ2n) is 5.20. The summed E-state index contributed by atoms with van der Waals surface area (Å²) < 4.78 is 0. The number of hydrogen-bond acceptors (Lipinski definition) is 3. The molecule has 3 atom stereocenters. The van der Waals surface area contributed by atoms with E-state index in [0.29, 0.717) is 11.6 Å². The topological polar surface area (TPSA) is 52.8 Å². The van der Waals surface area contributed by atoms with E-state index in [1.807, 2.05) is 0 Å². The normalized spacial score (nSPS) is 50.3. The van der Waals surface area contributed by atoms with E-state index >= 15 is 0 Å². The number of nitrogens with zero attached hydrogens (tertiary/aromatic N) is 1. The first kappa shape index (κ1) is 9.00. The van der Waals surface area contributed by atoms with Crippen molar-refractivity contribution < 1.29 is 10.3 Å². The van der Waals surface area contributed by atoms with Crippen molar-refractivity contribution in [3.05, 3.63) is 0 Å². The van der Waals surface area contributed by atoms with Gasteiger partial charge in [0.05, 0.1) is 5.71 Å². The molecule has 13 heavy (non-hydrogen) atoms. The molecule has 0 radical (unpaired) electrons. The van der Waals surface area contributed by atoms with Gasteiger partial charge in [-0.05, 0) is 37.0 Å². The molecule has 3 aliphatic carbocycles. The number of fused-ring (bicyclic) bond motifs is 2. The molecule has 3 fully saturated rings. The predicted molar refractivity (Wildman–Crippen MR) is 49.8 cm³/mol. The molecule has 2 N–H and O–H groups in total. The van der Waals surface area contributed by atoms with Crippen LogP contribution in [0.2, 0.25) is 0 Å².